The Morgan fingerprint density at radius 1 is 1.00 bits per heavy atom. The van der Waals surface area contributed by atoms with Gasteiger partial charge in [0.05, 0.1) is 13.1 Å². The van der Waals surface area contributed by atoms with Gasteiger partial charge in [-0.1, -0.05) is 36.4 Å². The smallest absolute Gasteiger partial charge is 0.309 e. The maximum atomic E-state index is 12.3. The molecule has 3 rings (SSSR count). The number of quaternary nitrogens is 1. The van der Waals surface area contributed by atoms with Crippen LogP contribution in [-0.4, -0.2) is 45.0 Å². The van der Waals surface area contributed by atoms with Crippen molar-refractivity contribution < 1.29 is 14.5 Å². The van der Waals surface area contributed by atoms with E-state index in [0.717, 1.165) is 25.2 Å². The standard InChI is InChI=1S/C24H32N4O2/c1-17(2)26-24(30)23(29)25-15-22(19-9-11-21(12-10-19)27(3)4)28-14-13-18-7-5-6-8-20(18)16-28/h5-12,17,22H,13-16H2,1-4H3,(H,25,29)(H,26,30)/p+1/t22-/m1/s1. The van der Waals surface area contributed by atoms with E-state index < -0.39 is 11.8 Å². The van der Waals surface area contributed by atoms with Gasteiger partial charge in [0.25, 0.3) is 0 Å². The molecule has 0 aromatic heterocycles. The number of anilines is 1. The molecule has 0 saturated heterocycles. The molecule has 0 saturated carbocycles. The SMILES string of the molecule is CC(C)NC(=O)C(=O)NC[C@H](c1ccc(N(C)C)cc1)[NH+]1CCc2ccccc2C1. The average molecular weight is 410 g/mol. The monoisotopic (exact) mass is 409 g/mol. The van der Waals surface area contributed by atoms with Crippen molar-refractivity contribution in [2.45, 2.75) is 38.9 Å². The molecule has 6 nitrogen and oxygen atoms in total. The zero-order valence-corrected chi connectivity index (χ0v) is 18.4. The van der Waals surface area contributed by atoms with Gasteiger partial charge in [-0.05, 0) is 31.5 Å². The summed E-state index contributed by atoms with van der Waals surface area (Å²) in [6.07, 6.45) is 1.01. The van der Waals surface area contributed by atoms with Crippen LogP contribution in [0, 0.1) is 0 Å². The predicted octanol–water partition coefficient (Wildman–Crippen LogP) is 1.08. The quantitative estimate of drug-likeness (QED) is 0.626. The molecular weight excluding hydrogens is 376 g/mol. The van der Waals surface area contributed by atoms with Gasteiger partial charge in [-0.3, -0.25) is 9.59 Å². The third-order valence-electron chi connectivity index (χ3n) is 5.65. The van der Waals surface area contributed by atoms with Crippen molar-refractivity contribution in [3.63, 3.8) is 0 Å². The zero-order chi connectivity index (χ0) is 21.7. The van der Waals surface area contributed by atoms with Crippen LogP contribution >= 0.6 is 0 Å². The van der Waals surface area contributed by atoms with Crippen molar-refractivity contribution in [3.8, 4) is 0 Å². The largest absolute Gasteiger partial charge is 0.378 e. The summed E-state index contributed by atoms with van der Waals surface area (Å²) in [5.41, 5.74) is 5.07. The summed E-state index contributed by atoms with van der Waals surface area (Å²) in [6.45, 7) is 6.00. The van der Waals surface area contributed by atoms with Crippen molar-refractivity contribution in [1.82, 2.24) is 10.6 Å². The lowest BCUT2D eigenvalue weighted by molar-refractivity contribution is -0.945. The summed E-state index contributed by atoms with van der Waals surface area (Å²) in [7, 11) is 4.04. The van der Waals surface area contributed by atoms with Crippen LogP contribution in [0.1, 0.15) is 36.6 Å². The highest BCUT2D eigenvalue weighted by Crippen LogP contribution is 2.18. The van der Waals surface area contributed by atoms with Gasteiger partial charge in [-0.15, -0.1) is 0 Å². The summed E-state index contributed by atoms with van der Waals surface area (Å²) in [4.78, 5) is 27.8. The second-order valence-electron chi connectivity index (χ2n) is 8.48. The Bertz CT molecular complexity index is 877. The van der Waals surface area contributed by atoms with Crippen molar-refractivity contribution in [3.05, 3.63) is 65.2 Å². The van der Waals surface area contributed by atoms with Crippen LogP contribution in [0.15, 0.2) is 48.5 Å². The van der Waals surface area contributed by atoms with Gasteiger partial charge in [0.2, 0.25) is 0 Å². The maximum absolute atomic E-state index is 12.3. The Kier molecular flexibility index (Phi) is 7.11. The van der Waals surface area contributed by atoms with Crippen molar-refractivity contribution in [1.29, 1.82) is 0 Å². The molecule has 6 heteroatoms. The van der Waals surface area contributed by atoms with Crippen molar-refractivity contribution >= 4 is 17.5 Å². The molecule has 2 aromatic rings. The van der Waals surface area contributed by atoms with E-state index in [1.165, 1.54) is 21.6 Å². The van der Waals surface area contributed by atoms with Crippen LogP contribution in [0.5, 0.6) is 0 Å². The number of carbonyl (C=O) groups excluding carboxylic acids is 2. The summed E-state index contributed by atoms with van der Waals surface area (Å²) in [5, 5.41) is 5.52. The number of nitrogens with zero attached hydrogens (tertiary/aromatic N) is 1. The van der Waals surface area contributed by atoms with E-state index in [1.807, 2.05) is 27.9 Å². The summed E-state index contributed by atoms with van der Waals surface area (Å²) >= 11 is 0. The van der Waals surface area contributed by atoms with Gasteiger partial charge in [-0.25, -0.2) is 0 Å². The lowest BCUT2D eigenvalue weighted by atomic mass is 9.96. The molecule has 0 spiro atoms. The molecule has 3 N–H and O–H groups in total. The fraction of sp³-hybridized carbons (Fsp3) is 0.417. The number of carbonyl (C=O) groups is 2. The minimum Gasteiger partial charge on any atom is -0.378 e. The zero-order valence-electron chi connectivity index (χ0n) is 18.4. The van der Waals surface area contributed by atoms with Gasteiger partial charge in [0, 0.05) is 43.4 Å². The van der Waals surface area contributed by atoms with Crippen LogP contribution in [-0.2, 0) is 22.6 Å². The Balaban J connectivity index is 1.78. The fourth-order valence-corrected chi connectivity index (χ4v) is 4.00. The number of fused-ring (bicyclic) bond motifs is 1. The fourth-order valence-electron chi connectivity index (χ4n) is 4.00. The van der Waals surface area contributed by atoms with E-state index in [0.29, 0.717) is 6.54 Å². The Morgan fingerprint density at radius 3 is 2.30 bits per heavy atom. The number of nitrogens with one attached hydrogen (secondary N) is 3. The van der Waals surface area contributed by atoms with Crippen molar-refractivity contribution in [2.75, 3.05) is 32.1 Å². The summed E-state index contributed by atoms with van der Waals surface area (Å²) in [6, 6.07) is 17.0. The first-order valence-corrected chi connectivity index (χ1v) is 10.6. The minimum atomic E-state index is -0.578. The van der Waals surface area contributed by atoms with Gasteiger partial charge in [0.15, 0.2) is 0 Å². The van der Waals surface area contributed by atoms with Gasteiger partial charge in [0.1, 0.15) is 12.6 Å². The van der Waals surface area contributed by atoms with E-state index in [-0.39, 0.29) is 12.1 Å². The highest BCUT2D eigenvalue weighted by molar-refractivity contribution is 6.35. The number of amides is 2. The lowest BCUT2D eigenvalue weighted by Crippen LogP contribution is -3.12. The summed E-state index contributed by atoms with van der Waals surface area (Å²) < 4.78 is 0. The summed E-state index contributed by atoms with van der Waals surface area (Å²) in [5.74, 6) is -1.15. The molecule has 160 valence electrons. The Labute approximate surface area is 179 Å². The van der Waals surface area contributed by atoms with E-state index >= 15 is 0 Å². The Morgan fingerprint density at radius 2 is 1.67 bits per heavy atom. The first-order chi connectivity index (χ1) is 14.3. The molecule has 0 fully saturated rings. The molecule has 1 aliphatic rings. The number of hydrogen-bond donors (Lipinski definition) is 3. The van der Waals surface area contributed by atoms with E-state index in [1.54, 1.807) is 0 Å². The predicted molar refractivity (Wildman–Crippen MR) is 119 cm³/mol. The minimum absolute atomic E-state index is 0.0677. The van der Waals surface area contributed by atoms with Gasteiger partial charge in [-0.2, -0.15) is 0 Å². The van der Waals surface area contributed by atoms with E-state index in [9.17, 15) is 9.59 Å². The van der Waals surface area contributed by atoms with Crippen LogP contribution in [0.4, 0.5) is 5.69 Å². The molecule has 1 unspecified atom stereocenters. The molecule has 1 aliphatic heterocycles. The topological polar surface area (TPSA) is 65.9 Å². The van der Waals surface area contributed by atoms with Crippen LogP contribution in [0.3, 0.4) is 0 Å². The maximum Gasteiger partial charge on any atom is 0.309 e. The molecule has 2 atom stereocenters. The first-order valence-electron chi connectivity index (χ1n) is 10.6. The van der Waals surface area contributed by atoms with E-state index in [2.05, 4.69) is 64.1 Å². The Hall–Kier alpha value is -2.86. The lowest BCUT2D eigenvalue weighted by Gasteiger charge is -2.33. The number of benzene rings is 2. The highest BCUT2D eigenvalue weighted by atomic mass is 16.2. The van der Waals surface area contributed by atoms with E-state index in [4.69, 9.17) is 0 Å². The molecule has 2 amide bonds. The average Bonchev–Trinajstić information content (AvgIpc) is 2.73. The van der Waals surface area contributed by atoms with Gasteiger partial charge >= 0.3 is 11.8 Å². The van der Waals surface area contributed by atoms with Crippen LogP contribution in [0.2, 0.25) is 0 Å². The second-order valence-corrected chi connectivity index (χ2v) is 8.48. The first kappa shape index (κ1) is 21.8. The molecule has 0 aliphatic carbocycles. The van der Waals surface area contributed by atoms with Crippen LogP contribution < -0.4 is 20.4 Å². The number of hydrogen-bond acceptors (Lipinski definition) is 3. The highest BCUT2D eigenvalue weighted by Gasteiger charge is 2.29. The molecule has 1 heterocycles. The molecule has 0 bridgehead atoms. The third-order valence-corrected chi connectivity index (χ3v) is 5.65. The molecule has 30 heavy (non-hydrogen) atoms. The second kappa shape index (κ2) is 9.76. The third kappa shape index (κ3) is 5.39. The molecule has 2 aromatic carbocycles. The van der Waals surface area contributed by atoms with Crippen molar-refractivity contribution in [2.24, 2.45) is 0 Å². The molecular formula is C24H33N4O2+. The number of rotatable bonds is 6. The normalized spacial score (nSPS) is 16.5. The molecule has 0 radical (unpaired) electrons. The van der Waals surface area contributed by atoms with Gasteiger partial charge < -0.3 is 20.4 Å². The van der Waals surface area contributed by atoms with Crippen LogP contribution in [0.25, 0.3) is 0 Å².